The Morgan fingerprint density at radius 1 is 0.492 bits per heavy atom. The molecule has 128 heavy (non-hydrogen) atoms. The molecule has 1 aromatic carbocycles. The van der Waals surface area contributed by atoms with E-state index in [0.29, 0.717) is 123 Å². The zero-order valence-corrected chi connectivity index (χ0v) is 78.1. The summed E-state index contributed by atoms with van der Waals surface area (Å²) in [5.41, 5.74) is 4.14. The predicted molar refractivity (Wildman–Crippen MR) is 472 cm³/mol. The first-order chi connectivity index (χ1) is 60.9. The largest absolute Gasteiger partial charge is 0.495 e. The smallest absolute Gasteiger partial charge is 0.410 e. The summed E-state index contributed by atoms with van der Waals surface area (Å²) in [6.45, 7) is 19.1. The van der Waals surface area contributed by atoms with E-state index in [1.165, 1.54) is 111 Å². The van der Waals surface area contributed by atoms with Crippen molar-refractivity contribution in [1.82, 2.24) is 71.2 Å². The molecule has 0 aliphatic carbocycles. The summed E-state index contributed by atoms with van der Waals surface area (Å²) in [5.74, 6) is -0.404. The van der Waals surface area contributed by atoms with Gasteiger partial charge in [-0.1, -0.05) is 6.07 Å². The third kappa shape index (κ3) is 31.0. The standard InChI is InChI=1S/C24H26N4O5.C18H24N4O4.C17H24BrN3O4.C13H16N4O2.C8H8BrNO3.C7H6BrNO3/c1-14-17(3-4-18-19(14)13-33-24(18)31)21(29)12-28-7-5-16(6-8-28)27-23(30)20-9-22(32-2)15(10-25)11-26-20;1-18(2,3)26-17(24)22-7-5-13(6-8-22)21-16(23)14-9-15(25-4)12(10-19)11-20-14;1-17(2,3)25-16(23)21-7-5-11(6-8-21)20-15(22)13-9-14(24-4)12(18)10-19-13;1-19-12-6-11(16-8-9(12)7-14)13(18)17-10-2-4-15-5-3-10;1-12-7-3-6(8(11)13-2)10-4-5(7)9;1-12-6-2-5(7(10)11)9-3-4(6)8/h3-4,9,11,16,21,29H,5-8,12-13H2,1-2H3,(H,27,30);9,11,13H,5-8H2,1-4H3,(H,21,23);9-11H,5-8H2,1-4H3,(H,20,22);6,8,10,15H,2-5H2,1H3,(H,17,18);3-4H,1-2H3;2-3H,1H3,(H,10,11)/t21-;;;;;/m0...../s1. The first kappa shape index (κ1) is 103. The average molecular weight is 1960 g/mol. The number of carboxylic acid groups (broad SMARTS) is 1. The lowest BCUT2D eigenvalue weighted by molar-refractivity contribution is 0.0187. The van der Waals surface area contributed by atoms with Gasteiger partial charge in [-0.05, 0) is 178 Å². The number of carbonyl (C=O) groups excluding carboxylic acids is 8. The molecule has 7 aromatic rings. The Labute approximate surface area is 766 Å². The molecule has 1 atom stereocenters. The normalized spacial score (nSPS) is 14.7. The Balaban J connectivity index is 0.000000217. The Morgan fingerprint density at radius 3 is 1.16 bits per heavy atom. The number of amides is 6. The number of ether oxygens (including phenoxy) is 10. The molecule has 41 heteroatoms. The summed E-state index contributed by atoms with van der Waals surface area (Å²) in [6, 6.07) is 18.4. The molecule has 12 rings (SSSR count). The van der Waals surface area contributed by atoms with Gasteiger partial charge in [-0.25, -0.2) is 53.9 Å². The maximum atomic E-state index is 12.6. The highest BCUT2D eigenvalue weighted by atomic mass is 79.9. The topological polar surface area (TPSA) is 505 Å². The van der Waals surface area contributed by atoms with E-state index in [-0.39, 0.29) is 112 Å². The molecule has 0 radical (unpaired) electrons. The monoisotopic (exact) mass is 1960 g/mol. The number of piperidine rings is 4. The van der Waals surface area contributed by atoms with Crippen LogP contribution in [0.25, 0.3) is 0 Å². The number of cyclic esters (lactones) is 1. The summed E-state index contributed by atoms with van der Waals surface area (Å²) >= 11 is 9.69. The number of halogens is 3. The average Bonchev–Trinajstić information content (AvgIpc) is 1.62. The SMILES string of the molecule is COC(=O)c1cc(OC)c(Br)cn1.COc1cc(C(=O)NC2CCN(C(=O)OC(C)(C)C)CC2)ncc1Br.COc1cc(C(=O)NC2CCN(C(=O)OC(C)(C)C)CC2)ncc1C#N.COc1cc(C(=O)NC2CCN(C[C@H](O)c3ccc4c(c3C)COC4=O)CC2)ncc1C#N.COc1cc(C(=O)NC2CCNCC2)ncc1C#N.COc1cc(C(=O)O)ncc1Br. The van der Waals surface area contributed by atoms with Crippen LogP contribution in [0.1, 0.15) is 206 Å². The molecule has 0 saturated carbocycles. The number of nitrogens with one attached hydrogen (secondary N) is 5. The highest BCUT2D eigenvalue weighted by Crippen LogP contribution is 2.32. The van der Waals surface area contributed by atoms with Gasteiger partial charge >= 0.3 is 30.1 Å². The van der Waals surface area contributed by atoms with E-state index >= 15 is 0 Å². The van der Waals surface area contributed by atoms with Crippen molar-refractivity contribution in [3.05, 3.63) is 172 Å². The molecule has 5 aliphatic rings. The zero-order chi connectivity index (χ0) is 94.1. The van der Waals surface area contributed by atoms with Crippen molar-refractivity contribution in [2.75, 3.05) is 109 Å². The number of aliphatic hydroxyl groups is 1. The zero-order valence-electron chi connectivity index (χ0n) is 73.3. The molecule has 0 bridgehead atoms. The minimum Gasteiger partial charge on any atom is -0.495 e. The number of fused-ring (bicyclic) bond motifs is 1. The van der Waals surface area contributed by atoms with Gasteiger partial charge in [0.15, 0.2) is 11.4 Å². The fourth-order valence-electron chi connectivity index (χ4n) is 13.0. The molecule has 38 nitrogen and oxygen atoms in total. The Morgan fingerprint density at radius 2 is 0.812 bits per heavy atom. The number of aromatic nitrogens is 6. The van der Waals surface area contributed by atoms with Crippen molar-refractivity contribution < 1.29 is 101 Å². The molecule has 5 aliphatic heterocycles. The van der Waals surface area contributed by atoms with Crippen LogP contribution in [0.15, 0.2) is 99.1 Å². The molecule has 6 aromatic heterocycles. The van der Waals surface area contributed by atoms with Crippen molar-refractivity contribution in [2.24, 2.45) is 0 Å². The van der Waals surface area contributed by atoms with E-state index in [1.54, 1.807) is 34.2 Å². The van der Waals surface area contributed by atoms with Crippen molar-refractivity contribution in [2.45, 2.75) is 148 Å². The molecule has 4 saturated heterocycles. The predicted octanol–water partition coefficient (Wildman–Crippen LogP) is 10.6. The number of hydrogen-bond acceptors (Lipinski definition) is 31. The lowest BCUT2D eigenvalue weighted by Gasteiger charge is -2.33. The number of likely N-dealkylation sites (tertiary alicyclic amines) is 3. The van der Waals surface area contributed by atoms with Gasteiger partial charge in [-0.3, -0.25) is 19.2 Å². The number of β-amino-alcohol motifs (C(OH)–C–C–N with tert-alkyl or cyclic N) is 1. The molecule has 4 fully saturated rings. The van der Waals surface area contributed by atoms with Gasteiger partial charge < -0.3 is 98.9 Å². The van der Waals surface area contributed by atoms with Gasteiger partial charge in [0.1, 0.15) is 110 Å². The van der Waals surface area contributed by atoms with Crippen LogP contribution in [-0.4, -0.2) is 253 Å². The van der Waals surface area contributed by atoms with E-state index in [0.717, 1.165) is 68.6 Å². The van der Waals surface area contributed by atoms with Gasteiger partial charge in [-0.15, -0.1) is 0 Å². The summed E-state index contributed by atoms with van der Waals surface area (Å²) in [4.78, 5) is 136. The van der Waals surface area contributed by atoms with E-state index in [9.17, 15) is 48.3 Å². The van der Waals surface area contributed by atoms with Crippen LogP contribution in [0, 0.1) is 40.9 Å². The van der Waals surface area contributed by atoms with Crippen LogP contribution < -0.4 is 55.0 Å². The molecule has 6 amide bonds. The maximum Gasteiger partial charge on any atom is 0.410 e. The fraction of sp³-hybridized carbons (Fsp3) is 0.448. The lowest BCUT2D eigenvalue weighted by Crippen LogP contribution is -2.47. The molecular weight excluding hydrogens is 1860 g/mol. The minimum atomic E-state index is -1.07. The van der Waals surface area contributed by atoms with Crippen LogP contribution in [0.2, 0.25) is 0 Å². The Bertz CT molecular complexity index is 5200. The fourth-order valence-corrected chi connectivity index (χ4v) is 14.2. The number of aliphatic hydroxyl groups excluding tert-OH is 1. The van der Waals surface area contributed by atoms with E-state index in [4.69, 9.17) is 63.5 Å². The second-order valence-corrected chi connectivity index (χ2v) is 33.5. The summed E-state index contributed by atoms with van der Waals surface area (Å²) in [7, 11) is 10.2. The summed E-state index contributed by atoms with van der Waals surface area (Å²) in [5, 5.41) is 61.3. The van der Waals surface area contributed by atoms with Gasteiger partial charge in [0.05, 0.1) is 74.9 Å². The number of aromatic carboxylic acids is 1. The summed E-state index contributed by atoms with van der Waals surface area (Å²) < 4.78 is 52.7. The Kier molecular flexibility index (Phi) is 39.8. The van der Waals surface area contributed by atoms with Crippen LogP contribution in [0.4, 0.5) is 9.59 Å². The number of rotatable bonds is 19. The molecule has 0 spiro atoms. The van der Waals surface area contributed by atoms with E-state index in [1.807, 2.05) is 66.7 Å². The van der Waals surface area contributed by atoms with Gasteiger partial charge in [0.25, 0.3) is 23.6 Å². The number of carbonyl (C=O) groups is 9. The number of benzene rings is 1. The van der Waals surface area contributed by atoms with Gasteiger partial charge in [-0.2, -0.15) is 15.8 Å². The highest BCUT2D eigenvalue weighted by Gasteiger charge is 2.33. The third-order valence-corrected chi connectivity index (χ3v) is 21.6. The van der Waals surface area contributed by atoms with Gasteiger partial charge in [0, 0.05) is 149 Å². The molecular formula is C87H104Br3N17O21. The number of nitriles is 3. The number of methoxy groups -OCH3 is 7. The second kappa shape index (κ2) is 49.6. The van der Waals surface area contributed by atoms with Crippen LogP contribution in [-0.2, 0) is 25.6 Å². The van der Waals surface area contributed by atoms with E-state index in [2.05, 4.69) is 114 Å². The van der Waals surface area contributed by atoms with Crippen LogP contribution >= 0.6 is 47.8 Å². The van der Waals surface area contributed by atoms with Crippen LogP contribution in [0.5, 0.6) is 34.5 Å². The number of nitrogens with zero attached hydrogens (tertiary/aromatic N) is 12. The molecule has 0 unspecified atom stereocenters. The van der Waals surface area contributed by atoms with Crippen molar-refractivity contribution >= 4 is 102 Å². The van der Waals surface area contributed by atoms with Crippen molar-refractivity contribution in [3.63, 3.8) is 0 Å². The number of pyridine rings is 6. The number of hydrogen-bond donors (Lipinski definition) is 7. The van der Waals surface area contributed by atoms with E-state index < -0.39 is 29.2 Å². The first-order valence-electron chi connectivity index (χ1n) is 40.2. The van der Waals surface area contributed by atoms with Crippen molar-refractivity contribution in [1.29, 1.82) is 15.8 Å². The lowest BCUT2D eigenvalue weighted by atomic mass is 9.94. The second-order valence-electron chi connectivity index (χ2n) is 30.9. The van der Waals surface area contributed by atoms with Crippen molar-refractivity contribution in [3.8, 4) is 52.7 Å². The molecule has 7 N–H and O–H groups in total. The summed E-state index contributed by atoms with van der Waals surface area (Å²) in [6.07, 6.45) is 13.1. The van der Waals surface area contributed by atoms with Crippen LogP contribution in [0.3, 0.4) is 0 Å². The quantitative estimate of drug-likeness (QED) is 0.0292. The maximum absolute atomic E-state index is 12.6. The highest BCUT2D eigenvalue weighted by molar-refractivity contribution is 9.11. The molecule has 11 heterocycles. The first-order valence-corrected chi connectivity index (χ1v) is 42.6. The molecule has 684 valence electrons. The number of esters is 2. The number of carboxylic acids is 1. The minimum absolute atomic E-state index is 0.000720. The Hall–Kier alpha value is -12.5. The van der Waals surface area contributed by atoms with Gasteiger partial charge in [0.2, 0.25) is 0 Å². The third-order valence-electron chi connectivity index (χ3n) is 19.8.